The highest BCUT2D eigenvalue weighted by molar-refractivity contribution is 5.79. The van der Waals surface area contributed by atoms with Gasteiger partial charge in [0.2, 0.25) is 0 Å². The van der Waals surface area contributed by atoms with Gasteiger partial charge in [-0.2, -0.15) is 0 Å². The first-order chi connectivity index (χ1) is 14.6. The zero-order valence-electron chi connectivity index (χ0n) is 16.6. The summed E-state index contributed by atoms with van der Waals surface area (Å²) in [5, 5.41) is 11.9. The maximum atomic E-state index is 12.5. The topological polar surface area (TPSA) is 93.5 Å². The van der Waals surface area contributed by atoms with Crippen LogP contribution >= 0.6 is 0 Å². The van der Waals surface area contributed by atoms with Gasteiger partial charge in [0, 0.05) is 18.7 Å². The van der Waals surface area contributed by atoms with Crippen molar-refractivity contribution in [3.05, 3.63) is 77.9 Å². The Morgan fingerprint density at radius 1 is 1.13 bits per heavy atom. The lowest BCUT2D eigenvalue weighted by molar-refractivity contribution is -0.137. The van der Waals surface area contributed by atoms with Crippen molar-refractivity contribution in [3.63, 3.8) is 0 Å². The van der Waals surface area contributed by atoms with Crippen molar-refractivity contribution >= 4 is 12.1 Å². The van der Waals surface area contributed by atoms with Crippen molar-refractivity contribution in [2.45, 2.75) is 31.8 Å². The maximum absolute atomic E-state index is 12.5. The third-order valence-electron chi connectivity index (χ3n) is 5.39. The first kappa shape index (κ1) is 19.7. The Bertz CT molecular complexity index is 1030. The largest absolute Gasteiger partial charge is 0.481 e. The van der Waals surface area contributed by atoms with Gasteiger partial charge in [0.1, 0.15) is 6.61 Å². The van der Waals surface area contributed by atoms with Crippen LogP contribution in [0.25, 0.3) is 11.1 Å². The summed E-state index contributed by atoms with van der Waals surface area (Å²) in [5.41, 5.74) is 5.03. The molecule has 1 heterocycles. The van der Waals surface area contributed by atoms with Gasteiger partial charge in [-0.3, -0.25) is 4.79 Å². The molecule has 7 nitrogen and oxygen atoms in total. The summed E-state index contributed by atoms with van der Waals surface area (Å²) in [7, 11) is 0. The van der Waals surface area contributed by atoms with E-state index in [1.165, 1.54) is 0 Å². The number of imidazole rings is 1. The van der Waals surface area contributed by atoms with E-state index in [-0.39, 0.29) is 18.9 Å². The van der Waals surface area contributed by atoms with Gasteiger partial charge >= 0.3 is 12.1 Å². The van der Waals surface area contributed by atoms with E-state index in [1.807, 2.05) is 47.9 Å². The molecular weight excluding hydrogens is 382 g/mol. The smallest absolute Gasteiger partial charge is 0.407 e. The van der Waals surface area contributed by atoms with Gasteiger partial charge in [-0.15, -0.1) is 0 Å². The lowest BCUT2D eigenvalue weighted by Gasteiger charge is -2.18. The number of nitrogens with one attached hydrogen (secondary N) is 1. The molecule has 1 atom stereocenters. The standard InChI is InChI=1S/C23H23N3O4/c1-2-26-12-21(24-14-26)20(11-22(27)28)25-23(29)30-13-19-17-9-5-3-7-15(17)16-8-4-6-10-18(16)19/h3-10,12,14,19-20H,2,11,13H2,1H3,(H,25,29)(H,27,28). The van der Waals surface area contributed by atoms with E-state index in [0.29, 0.717) is 12.2 Å². The number of alkyl carbamates (subject to hydrolysis) is 1. The number of aliphatic carboxylic acids is 1. The van der Waals surface area contributed by atoms with Gasteiger partial charge < -0.3 is 19.7 Å². The van der Waals surface area contributed by atoms with E-state index < -0.39 is 18.1 Å². The molecule has 1 amide bonds. The molecule has 3 aromatic rings. The third kappa shape index (κ3) is 3.91. The number of aryl methyl sites for hydroxylation is 1. The molecule has 0 saturated heterocycles. The van der Waals surface area contributed by atoms with E-state index in [2.05, 4.69) is 22.4 Å². The second kappa shape index (κ2) is 8.41. The number of fused-ring (bicyclic) bond motifs is 3. The van der Waals surface area contributed by atoms with Crippen LogP contribution in [0.3, 0.4) is 0 Å². The Labute approximate surface area is 174 Å². The number of carbonyl (C=O) groups is 2. The number of ether oxygens (including phenoxy) is 1. The highest BCUT2D eigenvalue weighted by Crippen LogP contribution is 2.44. The molecule has 1 aromatic heterocycles. The molecule has 0 fully saturated rings. The first-order valence-electron chi connectivity index (χ1n) is 9.91. The van der Waals surface area contributed by atoms with Gasteiger partial charge in [-0.05, 0) is 29.2 Å². The number of nitrogens with zero attached hydrogens (tertiary/aromatic N) is 2. The van der Waals surface area contributed by atoms with Crippen LogP contribution in [-0.4, -0.2) is 33.3 Å². The fourth-order valence-corrected chi connectivity index (χ4v) is 3.92. The van der Waals surface area contributed by atoms with E-state index in [0.717, 1.165) is 22.3 Å². The van der Waals surface area contributed by atoms with Gasteiger partial charge in [0.25, 0.3) is 0 Å². The van der Waals surface area contributed by atoms with Crippen LogP contribution in [0.4, 0.5) is 4.79 Å². The fraction of sp³-hybridized carbons (Fsp3) is 0.261. The van der Waals surface area contributed by atoms with Crippen LogP contribution in [0.15, 0.2) is 61.1 Å². The number of hydrogen-bond donors (Lipinski definition) is 2. The normalized spacial score (nSPS) is 13.4. The van der Waals surface area contributed by atoms with Gasteiger partial charge in [0.05, 0.1) is 24.5 Å². The second-order valence-corrected chi connectivity index (χ2v) is 7.25. The SMILES string of the molecule is CCn1cnc(C(CC(=O)O)NC(=O)OCC2c3ccccc3-c3ccccc32)c1. The van der Waals surface area contributed by atoms with Crippen molar-refractivity contribution in [3.8, 4) is 11.1 Å². The minimum absolute atomic E-state index is 0.0552. The minimum Gasteiger partial charge on any atom is -0.481 e. The zero-order valence-corrected chi connectivity index (χ0v) is 16.6. The summed E-state index contributed by atoms with van der Waals surface area (Å²) in [6, 6.07) is 15.4. The Hall–Kier alpha value is -3.61. The number of carbonyl (C=O) groups excluding carboxylic acids is 1. The number of carboxylic acids is 1. The highest BCUT2D eigenvalue weighted by atomic mass is 16.5. The lowest BCUT2D eigenvalue weighted by Crippen LogP contribution is -2.32. The molecule has 1 aliphatic carbocycles. The third-order valence-corrected chi connectivity index (χ3v) is 5.39. The molecule has 30 heavy (non-hydrogen) atoms. The molecule has 2 aromatic carbocycles. The van der Waals surface area contributed by atoms with Gasteiger partial charge in [0.15, 0.2) is 0 Å². The maximum Gasteiger partial charge on any atom is 0.407 e. The van der Waals surface area contributed by atoms with Crippen molar-refractivity contribution in [1.82, 2.24) is 14.9 Å². The summed E-state index contributed by atoms with van der Waals surface area (Å²) in [4.78, 5) is 28.0. The number of aromatic nitrogens is 2. The molecule has 1 unspecified atom stereocenters. The van der Waals surface area contributed by atoms with Crippen LogP contribution in [0.5, 0.6) is 0 Å². The lowest BCUT2D eigenvalue weighted by atomic mass is 9.98. The molecule has 0 saturated carbocycles. The van der Waals surface area contributed by atoms with E-state index >= 15 is 0 Å². The van der Waals surface area contributed by atoms with E-state index in [9.17, 15) is 14.7 Å². The van der Waals surface area contributed by atoms with E-state index in [1.54, 1.807) is 12.5 Å². The van der Waals surface area contributed by atoms with E-state index in [4.69, 9.17) is 4.74 Å². The summed E-state index contributed by atoms with van der Waals surface area (Å²) >= 11 is 0. The predicted octanol–water partition coefficient (Wildman–Crippen LogP) is 3.96. The monoisotopic (exact) mass is 405 g/mol. The van der Waals surface area contributed by atoms with Crippen LogP contribution in [-0.2, 0) is 16.1 Å². The van der Waals surface area contributed by atoms with Crippen molar-refractivity contribution in [2.75, 3.05) is 6.61 Å². The molecule has 0 bridgehead atoms. The molecule has 1 aliphatic rings. The number of hydrogen-bond acceptors (Lipinski definition) is 4. The van der Waals surface area contributed by atoms with Crippen LogP contribution < -0.4 is 5.32 Å². The molecule has 4 rings (SSSR count). The summed E-state index contributed by atoms with van der Waals surface area (Å²) in [5.74, 6) is -1.08. The van der Waals surface area contributed by atoms with Crippen molar-refractivity contribution < 1.29 is 19.4 Å². The molecule has 154 valence electrons. The first-order valence-corrected chi connectivity index (χ1v) is 9.91. The Morgan fingerprint density at radius 3 is 2.33 bits per heavy atom. The van der Waals surface area contributed by atoms with Crippen molar-refractivity contribution in [2.24, 2.45) is 0 Å². The quantitative estimate of drug-likeness (QED) is 0.621. The molecule has 0 spiro atoms. The van der Waals surface area contributed by atoms with Crippen LogP contribution in [0.1, 0.15) is 42.1 Å². The van der Waals surface area contributed by atoms with Gasteiger partial charge in [-0.25, -0.2) is 9.78 Å². The fourth-order valence-electron chi connectivity index (χ4n) is 3.92. The van der Waals surface area contributed by atoms with Gasteiger partial charge in [-0.1, -0.05) is 48.5 Å². The molecule has 0 radical (unpaired) electrons. The number of benzene rings is 2. The number of rotatable bonds is 7. The molecule has 2 N–H and O–H groups in total. The predicted molar refractivity (Wildman–Crippen MR) is 111 cm³/mol. The summed E-state index contributed by atoms with van der Waals surface area (Å²) in [6.45, 7) is 2.83. The Balaban J connectivity index is 1.47. The Morgan fingerprint density at radius 2 is 1.77 bits per heavy atom. The van der Waals surface area contributed by atoms with Crippen LogP contribution in [0, 0.1) is 0 Å². The summed E-state index contributed by atoms with van der Waals surface area (Å²) < 4.78 is 7.35. The molecular formula is C23H23N3O4. The van der Waals surface area contributed by atoms with Crippen molar-refractivity contribution in [1.29, 1.82) is 0 Å². The average Bonchev–Trinajstić information content (AvgIpc) is 3.35. The van der Waals surface area contributed by atoms with Crippen LogP contribution in [0.2, 0.25) is 0 Å². The molecule has 0 aliphatic heterocycles. The second-order valence-electron chi connectivity index (χ2n) is 7.25. The number of amides is 1. The highest BCUT2D eigenvalue weighted by Gasteiger charge is 2.29. The molecule has 7 heteroatoms. The number of carboxylic acid groups (broad SMARTS) is 1. The average molecular weight is 405 g/mol. The minimum atomic E-state index is -1.02. The summed E-state index contributed by atoms with van der Waals surface area (Å²) in [6.07, 6.45) is 2.42. The zero-order chi connectivity index (χ0) is 21.1. The Kier molecular flexibility index (Phi) is 5.52.